The molecule has 3 aromatic rings. The number of hydrogen-bond acceptors (Lipinski definition) is 4. The summed E-state index contributed by atoms with van der Waals surface area (Å²) >= 11 is 7.25. The highest BCUT2D eigenvalue weighted by Gasteiger charge is 2.09. The van der Waals surface area contributed by atoms with Crippen molar-refractivity contribution in [2.24, 2.45) is 0 Å². The van der Waals surface area contributed by atoms with Crippen molar-refractivity contribution in [3.8, 4) is 17.0 Å². The Hall–Kier alpha value is -2.37. The molecular formula is C18H15ClN2O2S. The fourth-order valence-corrected chi connectivity index (χ4v) is 2.96. The summed E-state index contributed by atoms with van der Waals surface area (Å²) in [7, 11) is 0. The molecule has 4 nitrogen and oxygen atoms in total. The molecule has 3 rings (SSSR count). The molecule has 0 saturated carbocycles. The molecule has 0 unspecified atom stereocenters. The first-order valence-electron chi connectivity index (χ1n) is 7.31. The zero-order valence-electron chi connectivity index (χ0n) is 13.0. The van der Waals surface area contributed by atoms with Crippen molar-refractivity contribution in [3.63, 3.8) is 0 Å². The molecule has 2 aromatic carbocycles. The molecule has 0 radical (unpaired) electrons. The van der Waals surface area contributed by atoms with Gasteiger partial charge in [0.2, 0.25) is 0 Å². The molecule has 1 amide bonds. The largest absolute Gasteiger partial charge is 0.484 e. The van der Waals surface area contributed by atoms with Crippen molar-refractivity contribution in [2.45, 2.75) is 6.92 Å². The van der Waals surface area contributed by atoms with Crippen molar-refractivity contribution >= 4 is 34.0 Å². The van der Waals surface area contributed by atoms with Gasteiger partial charge in [-0.2, -0.15) is 0 Å². The third-order valence-electron chi connectivity index (χ3n) is 3.25. The smallest absolute Gasteiger partial charge is 0.264 e. The third-order valence-corrected chi connectivity index (χ3v) is 4.26. The van der Waals surface area contributed by atoms with E-state index in [2.05, 4.69) is 10.3 Å². The first-order valence-corrected chi connectivity index (χ1v) is 8.57. The number of rotatable bonds is 5. The zero-order chi connectivity index (χ0) is 16.9. The fraction of sp³-hybridized carbons (Fsp3) is 0.111. The van der Waals surface area contributed by atoms with E-state index in [0.717, 1.165) is 16.8 Å². The number of anilines is 1. The van der Waals surface area contributed by atoms with E-state index in [0.29, 0.717) is 15.9 Å². The van der Waals surface area contributed by atoms with E-state index in [-0.39, 0.29) is 12.5 Å². The minimum Gasteiger partial charge on any atom is -0.484 e. The number of nitrogens with zero attached hydrogens (tertiary/aromatic N) is 1. The predicted octanol–water partition coefficient (Wildman–Crippen LogP) is 4.79. The molecule has 0 aliphatic rings. The van der Waals surface area contributed by atoms with E-state index in [1.807, 2.05) is 60.8 Å². The van der Waals surface area contributed by atoms with Gasteiger partial charge in [-0.1, -0.05) is 35.9 Å². The van der Waals surface area contributed by atoms with Crippen LogP contribution in [0.15, 0.2) is 53.9 Å². The lowest BCUT2D eigenvalue weighted by molar-refractivity contribution is -0.118. The number of carbonyl (C=O) groups excluding carboxylic acids is 1. The van der Waals surface area contributed by atoms with E-state index in [9.17, 15) is 4.79 Å². The summed E-state index contributed by atoms with van der Waals surface area (Å²) in [6.07, 6.45) is 0. The summed E-state index contributed by atoms with van der Waals surface area (Å²) in [5, 5.41) is 5.85. The van der Waals surface area contributed by atoms with Crippen LogP contribution in [0.4, 0.5) is 5.13 Å². The summed E-state index contributed by atoms with van der Waals surface area (Å²) in [4.78, 5) is 16.4. The third kappa shape index (κ3) is 4.34. The van der Waals surface area contributed by atoms with Crippen LogP contribution in [0.2, 0.25) is 5.02 Å². The van der Waals surface area contributed by atoms with Gasteiger partial charge >= 0.3 is 0 Å². The Morgan fingerprint density at radius 3 is 2.79 bits per heavy atom. The molecule has 6 heteroatoms. The Morgan fingerprint density at radius 2 is 2.04 bits per heavy atom. The Kier molecular flexibility index (Phi) is 5.13. The summed E-state index contributed by atoms with van der Waals surface area (Å²) in [6, 6.07) is 15.0. The predicted molar refractivity (Wildman–Crippen MR) is 97.9 cm³/mol. The SMILES string of the molecule is Cc1cccc(OCC(=O)Nc2nc(-c3ccc(Cl)cc3)cs2)c1. The summed E-state index contributed by atoms with van der Waals surface area (Å²) < 4.78 is 5.48. The van der Waals surface area contributed by atoms with Crippen LogP contribution in [-0.2, 0) is 4.79 Å². The maximum absolute atomic E-state index is 12.0. The maximum atomic E-state index is 12.0. The van der Waals surface area contributed by atoms with Gasteiger partial charge in [-0.05, 0) is 36.8 Å². The van der Waals surface area contributed by atoms with Gasteiger partial charge in [-0.15, -0.1) is 11.3 Å². The standard InChI is InChI=1S/C18H15ClN2O2S/c1-12-3-2-4-15(9-12)23-10-17(22)21-18-20-16(11-24-18)13-5-7-14(19)8-6-13/h2-9,11H,10H2,1H3,(H,20,21,22). The number of amides is 1. The van der Waals surface area contributed by atoms with Crippen LogP contribution < -0.4 is 10.1 Å². The second-order valence-corrected chi connectivity index (χ2v) is 6.49. The van der Waals surface area contributed by atoms with Gasteiger partial charge in [0.05, 0.1) is 5.69 Å². The van der Waals surface area contributed by atoms with Gasteiger partial charge in [0.15, 0.2) is 11.7 Å². The number of benzene rings is 2. The molecule has 1 aromatic heterocycles. The van der Waals surface area contributed by atoms with Gasteiger partial charge in [0.25, 0.3) is 5.91 Å². The highest BCUT2D eigenvalue weighted by atomic mass is 35.5. The molecule has 0 saturated heterocycles. The first-order chi connectivity index (χ1) is 11.6. The molecule has 0 aliphatic carbocycles. The minimum absolute atomic E-state index is 0.0562. The first kappa shape index (κ1) is 16.5. The van der Waals surface area contributed by atoms with E-state index >= 15 is 0 Å². The molecule has 0 aliphatic heterocycles. The minimum atomic E-state index is -0.242. The number of thiazole rings is 1. The topological polar surface area (TPSA) is 51.2 Å². The normalized spacial score (nSPS) is 10.4. The van der Waals surface area contributed by atoms with Crippen LogP contribution in [-0.4, -0.2) is 17.5 Å². The number of halogens is 1. The molecule has 0 atom stereocenters. The van der Waals surface area contributed by atoms with Crippen LogP contribution in [0.25, 0.3) is 11.3 Å². The van der Waals surface area contributed by atoms with Crippen molar-refractivity contribution in [2.75, 3.05) is 11.9 Å². The van der Waals surface area contributed by atoms with Crippen molar-refractivity contribution in [3.05, 3.63) is 64.5 Å². The second-order valence-electron chi connectivity index (χ2n) is 5.20. The van der Waals surface area contributed by atoms with E-state index in [1.165, 1.54) is 11.3 Å². The van der Waals surface area contributed by atoms with E-state index in [4.69, 9.17) is 16.3 Å². The van der Waals surface area contributed by atoms with Crippen molar-refractivity contribution in [1.29, 1.82) is 0 Å². The van der Waals surface area contributed by atoms with Crippen LogP contribution in [0, 0.1) is 6.92 Å². The number of aromatic nitrogens is 1. The lowest BCUT2D eigenvalue weighted by atomic mass is 10.2. The lowest BCUT2D eigenvalue weighted by Gasteiger charge is -2.06. The highest BCUT2D eigenvalue weighted by molar-refractivity contribution is 7.14. The number of hydrogen-bond donors (Lipinski definition) is 1. The zero-order valence-corrected chi connectivity index (χ0v) is 14.5. The van der Waals surface area contributed by atoms with E-state index in [1.54, 1.807) is 0 Å². The summed E-state index contributed by atoms with van der Waals surface area (Å²) in [5.74, 6) is 0.430. The number of carbonyl (C=O) groups is 1. The van der Waals surface area contributed by atoms with Crippen LogP contribution >= 0.6 is 22.9 Å². The quantitative estimate of drug-likeness (QED) is 0.713. The summed E-state index contributed by atoms with van der Waals surface area (Å²) in [6.45, 7) is 1.92. The van der Waals surface area contributed by atoms with Crippen molar-refractivity contribution in [1.82, 2.24) is 4.98 Å². The number of nitrogens with one attached hydrogen (secondary N) is 1. The molecular weight excluding hydrogens is 344 g/mol. The molecule has 0 fully saturated rings. The maximum Gasteiger partial charge on any atom is 0.264 e. The van der Waals surface area contributed by atoms with Gasteiger partial charge in [0.1, 0.15) is 5.75 Å². The molecule has 122 valence electrons. The molecule has 1 N–H and O–H groups in total. The molecule has 1 heterocycles. The van der Waals surface area contributed by atoms with E-state index < -0.39 is 0 Å². The average Bonchev–Trinajstić information content (AvgIpc) is 3.02. The Balaban J connectivity index is 1.58. The number of ether oxygens (including phenoxy) is 1. The highest BCUT2D eigenvalue weighted by Crippen LogP contribution is 2.26. The van der Waals surface area contributed by atoms with Gasteiger partial charge in [-0.3, -0.25) is 10.1 Å². The Bertz CT molecular complexity index is 846. The fourth-order valence-electron chi connectivity index (χ4n) is 2.09. The lowest BCUT2D eigenvalue weighted by Crippen LogP contribution is -2.20. The van der Waals surface area contributed by atoms with Crippen LogP contribution in [0.3, 0.4) is 0 Å². The van der Waals surface area contributed by atoms with Crippen LogP contribution in [0.5, 0.6) is 5.75 Å². The number of aryl methyl sites for hydroxylation is 1. The van der Waals surface area contributed by atoms with Crippen LogP contribution in [0.1, 0.15) is 5.56 Å². The molecule has 0 spiro atoms. The van der Waals surface area contributed by atoms with Gasteiger partial charge in [-0.25, -0.2) is 4.98 Å². The van der Waals surface area contributed by atoms with Gasteiger partial charge < -0.3 is 4.74 Å². The Labute approximate surface area is 149 Å². The van der Waals surface area contributed by atoms with Crippen molar-refractivity contribution < 1.29 is 9.53 Å². The average molecular weight is 359 g/mol. The van der Waals surface area contributed by atoms with Gasteiger partial charge in [0, 0.05) is 16.0 Å². The molecule has 0 bridgehead atoms. The molecule has 24 heavy (non-hydrogen) atoms. The second kappa shape index (κ2) is 7.47. The Morgan fingerprint density at radius 1 is 1.25 bits per heavy atom. The summed E-state index contributed by atoms with van der Waals surface area (Å²) in [5.41, 5.74) is 2.83. The monoisotopic (exact) mass is 358 g/mol.